The largest absolute Gasteiger partial charge is 0.339 e. The summed E-state index contributed by atoms with van der Waals surface area (Å²) in [7, 11) is -4.17. The van der Waals surface area contributed by atoms with Gasteiger partial charge in [-0.05, 0) is 36.4 Å². The molecule has 0 unspecified atom stereocenters. The van der Waals surface area contributed by atoms with E-state index in [4.69, 9.17) is 0 Å². The number of carbonyl (C=O) groups excluding carboxylic acids is 1. The number of amides is 1. The highest BCUT2D eigenvalue weighted by atomic mass is 32.2. The first-order valence-corrected chi connectivity index (χ1v) is 12.4. The Morgan fingerprint density at radius 3 is 1.97 bits per heavy atom. The van der Waals surface area contributed by atoms with Gasteiger partial charge in [-0.25, -0.2) is 17.2 Å². The fraction of sp³-hybridized carbons (Fsp3) is 0.200. The van der Waals surface area contributed by atoms with E-state index in [9.17, 15) is 26.8 Å². The zero-order chi connectivity index (χ0) is 24.7. The van der Waals surface area contributed by atoms with Gasteiger partial charge in [-0.15, -0.1) is 0 Å². The average Bonchev–Trinajstić information content (AvgIpc) is 2.86. The van der Waals surface area contributed by atoms with Gasteiger partial charge in [-0.2, -0.15) is 4.31 Å². The van der Waals surface area contributed by atoms with Crippen LogP contribution in [0.25, 0.3) is 21.8 Å². The molecule has 35 heavy (non-hydrogen) atoms. The quantitative estimate of drug-likeness (QED) is 0.406. The van der Waals surface area contributed by atoms with Gasteiger partial charge in [0.1, 0.15) is 23.1 Å². The zero-order valence-electron chi connectivity index (χ0n) is 18.5. The molecule has 1 fully saturated rings. The second kappa shape index (κ2) is 8.86. The predicted octanol–water partition coefficient (Wildman–Crippen LogP) is 2.97. The molecule has 7 nitrogen and oxygen atoms in total. The Bertz CT molecular complexity index is 1570. The minimum Gasteiger partial charge on any atom is -0.339 e. The summed E-state index contributed by atoms with van der Waals surface area (Å²) in [6, 6.07) is 16.5. The second-order valence-corrected chi connectivity index (χ2v) is 10.2. The molecule has 1 aliphatic heterocycles. The van der Waals surface area contributed by atoms with Crippen LogP contribution in [0.15, 0.2) is 76.4 Å². The highest BCUT2D eigenvalue weighted by molar-refractivity contribution is 7.89. The Morgan fingerprint density at radius 1 is 0.829 bits per heavy atom. The van der Waals surface area contributed by atoms with E-state index in [1.54, 1.807) is 58.0 Å². The molecule has 5 rings (SSSR count). The van der Waals surface area contributed by atoms with Crippen molar-refractivity contribution in [3.63, 3.8) is 0 Å². The van der Waals surface area contributed by atoms with E-state index >= 15 is 0 Å². The van der Waals surface area contributed by atoms with Crippen LogP contribution in [-0.2, 0) is 21.4 Å². The lowest BCUT2D eigenvalue weighted by Gasteiger charge is -2.34. The van der Waals surface area contributed by atoms with Crippen LogP contribution in [0.1, 0.15) is 0 Å². The molecule has 0 saturated carbocycles. The van der Waals surface area contributed by atoms with Crippen LogP contribution in [0.2, 0.25) is 0 Å². The second-order valence-electron chi connectivity index (χ2n) is 8.31. The lowest BCUT2D eigenvalue weighted by atomic mass is 10.1. The summed E-state index contributed by atoms with van der Waals surface area (Å²) in [6.45, 7) is 0.182. The van der Waals surface area contributed by atoms with Crippen LogP contribution in [0.5, 0.6) is 0 Å². The Kier molecular flexibility index (Phi) is 5.86. The lowest BCUT2D eigenvalue weighted by molar-refractivity contribution is -0.132. The maximum absolute atomic E-state index is 14.1. The molecule has 0 spiro atoms. The smallest absolute Gasteiger partial charge is 0.246 e. The molecular formula is C25H21F2N3O4S. The minimum atomic E-state index is -4.17. The standard InChI is InChI=1S/C25H21F2N3O4S/c26-17-9-10-23(20(27)15-17)35(33,34)29-13-11-28(12-14-29)24(31)16-30-21-7-3-1-5-18(21)25(32)19-6-2-4-8-22(19)30/h1-10,15H,11-14,16H2. The number of carbonyl (C=O) groups is 1. The van der Waals surface area contributed by atoms with Gasteiger partial charge in [0.05, 0.1) is 11.0 Å². The van der Waals surface area contributed by atoms with Crippen LogP contribution in [0.3, 0.4) is 0 Å². The van der Waals surface area contributed by atoms with E-state index < -0.39 is 26.6 Å². The van der Waals surface area contributed by atoms with Crippen molar-refractivity contribution in [2.45, 2.75) is 11.4 Å². The molecule has 0 bridgehead atoms. The first kappa shape index (κ1) is 23.1. The summed E-state index contributed by atoms with van der Waals surface area (Å²) in [5.41, 5.74) is 1.17. The Hall–Kier alpha value is -3.63. The molecule has 1 amide bonds. The predicted molar refractivity (Wildman–Crippen MR) is 127 cm³/mol. The van der Waals surface area contributed by atoms with Gasteiger partial charge in [-0.1, -0.05) is 24.3 Å². The first-order chi connectivity index (χ1) is 16.8. The van der Waals surface area contributed by atoms with Crippen molar-refractivity contribution in [1.29, 1.82) is 0 Å². The van der Waals surface area contributed by atoms with Crippen molar-refractivity contribution >= 4 is 37.7 Å². The van der Waals surface area contributed by atoms with Gasteiger partial charge in [0.2, 0.25) is 15.9 Å². The van der Waals surface area contributed by atoms with Crippen molar-refractivity contribution in [2.75, 3.05) is 26.2 Å². The number of aromatic nitrogens is 1. The van der Waals surface area contributed by atoms with Crippen molar-refractivity contribution in [3.05, 3.63) is 88.6 Å². The number of benzene rings is 3. The molecule has 0 aliphatic carbocycles. The molecule has 4 aromatic rings. The normalized spacial score (nSPS) is 15.1. The third kappa shape index (κ3) is 4.08. The summed E-state index contributed by atoms with van der Waals surface area (Å²) in [5, 5.41) is 1.02. The monoisotopic (exact) mass is 497 g/mol. The molecule has 0 radical (unpaired) electrons. The van der Waals surface area contributed by atoms with Crippen LogP contribution in [-0.4, -0.2) is 54.3 Å². The lowest BCUT2D eigenvalue weighted by Crippen LogP contribution is -2.51. The minimum absolute atomic E-state index is 0.0173. The number of piperazine rings is 1. The van der Waals surface area contributed by atoms with Crippen LogP contribution >= 0.6 is 0 Å². The van der Waals surface area contributed by atoms with E-state index in [0.717, 1.165) is 16.4 Å². The van der Waals surface area contributed by atoms with Crippen LogP contribution in [0, 0.1) is 11.6 Å². The molecule has 180 valence electrons. The third-order valence-electron chi connectivity index (χ3n) is 6.28. The Labute approximate surface area is 199 Å². The molecule has 1 aromatic heterocycles. The third-order valence-corrected chi connectivity index (χ3v) is 8.21. The maximum Gasteiger partial charge on any atom is 0.246 e. The molecule has 3 aromatic carbocycles. The number of pyridine rings is 1. The maximum atomic E-state index is 14.1. The van der Waals surface area contributed by atoms with Gasteiger partial charge < -0.3 is 9.47 Å². The first-order valence-electron chi connectivity index (χ1n) is 11.0. The van der Waals surface area contributed by atoms with E-state index in [1.165, 1.54) is 0 Å². The summed E-state index contributed by atoms with van der Waals surface area (Å²) in [5.74, 6) is -2.24. The van der Waals surface area contributed by atoms with Crippen molar-refractivity contribution in [2.24, 2.45) is 0 Å². The molecular weight excluding hydrogens is 476 g/mol. The summed E-state index contributed by atoms with van der Waals surface area (Å²) >= 11 is 0. The molecule has 10 heteroatoms. The molecule has 1 aliphatic rings. The van der Waals surface area contributed by atoms with E-state index in [0.29, 0.717) is 27.9 Å². The van der Waals surface area contributed by atoms with Crippen LogP contribution < -0.4 is 5.43 Å². The molecule has 2 heterocycles. The average molecular weight is 498 g/mol. The molecule has 0 atom stereocenters. The highest BCUT2D eigenvalue weighted by Gasteiger charge is 2.32. The Balaban J connectivity index is 1.38. The number of fused-ring (bicyclic) bond motifs is 2. The number of nitrogens with zero attached hydrogens (tertiary/aromatic N) is 3. The number of hydrogen-bond acceptors (Lipinski definition) is 4. The van der Waals surface area contributed by atoms with Gasteiger partial charge in [0.15, 0.2) is 5.43 Å². The zero-order valence-corrected chi connectivity index (χ0v) is 19.3. The number of hydrogen-bond donors (Lipinski definition) is 0. The van der Waals surface area contributed by atoms with E-state index in [-0.39, 0.29) is 44.1 Å². The summed E-state index contributed by atoms with van der Waals surface area (Å²) in [4.78, 5) is 27.1. The Morgan fingerprint density at radius 2 is 1.40 bits per heavy atom. The number of sulfonamides is 1. The summed E-state index contributed by atoms with van der Waals surface area (Å²) in [6.07, 6.45) is 0. The van der Waals surface area contributed by atoms with Crippen molar-refractivity contribution in [3.8, 4) is 0 Å². The highest BCUT2D eigenvalue weighted by Crippen LogP contribution is 2.23. The number of halogens is 2. The van der Waals surface area contributed by atoms with Gasteiger partial charge in [-0.3, -0.25) is 9.59 Å². The van der Waals surface area contributed by atoms with Gasteiger partial charge in [0.25, 0.3) is 0 Å². The fourth-order valence-corrected chi connectivity index (χ4v) is 5.95. The molecule has 1 saturated heterocycles. The van der Waals surface area contributed by atoms with Gasteiger partial charge >= 0.3 is 0 Å². The SMILES string of the molecule is O=C(Cn1c2ccccc2c(=O)c2ccccc21)N1CCN(S(=O)(=O)c2ccc(F)cc2F)CC1. The number of rotatable bonds is 4. The topological polar surface area (TPSA) is 79.7 Å². The summed E-state index contributed by atoms with van der Waals surface area (Å²) < 4.78 is 55.9. The fourth-order valence-electron chi connectivity index (χ4n) is 4.48. The van der Waals surface area contributed by atoms with Crippen molar-refractivity contribution in [1.82, 2.24) is 13.8 Å². The van der Waals surface area contributed by atoms with Crippen LogP contribution in [0.4, 0.5) is 8.78 Å². The van der Waals surface area contributed by atoms with E-state index in [2.05, 4.69) is 0 Å². The van der Waals surface area contributed by atoms with Crippen molar-refractivity contribution < 1.29 is 22.0 Å². The van der Waals surface area contributed by atoms with E-state index in [1.807, 2.05) is 0 Å². The van der Waals surface area contributed by atoms with Gasteiger partial charge in [0, 0.05) is 43.0 Å². The molecule has 0 N–H and O–H groups in total. The number of para-hydroxylation sites is 2.